The van der Waals surface area contributed by atoms with Gasteiger partial charge in [-0.15, -0.1) is 0 Å². The molecule has 0 aliphatic carbocycles. The SMILES string of the molecule is NCCNc1cc(Cl)cc(C(F)(F)F)c1. The highest BCUT2D eigenvalue weighted by Crippen LogP contribution is 2.33. The van der Waals surface area contributed by atoms with Crippen molar-refractivity contribution in [2.45, 2.75) is 6.18 Å². The van der Waals surface area contributed by atoms with E-state index in [9.17, 15) is 13.2 Å². The van der Waals surface area contributed by atoms with Crippen LogP contribution < -0.4 is 11.1 Å². The Morgan fingerprint density at radius 2 is 1.93 bits per heavy atom. The van der Waals surface area contributed by atoms with Gasteiger partial charge in [-0.3, -0.25) is 0 Å². The third-order valence-corrected chi connectivity index (χ3v) is 1.92. The van der Waals surface area contributed by atoms with Crippen molar-refractivity contribution >= 4 is 17.3 Å². The minimum Gasteiger partial charge on any atom is -0.384 e. The van der Waals surface area contributed by atoms with Gasteiger partial charge >= 0.3 is 6.18 Å². The predicted molar refractivity (Wildman–Crippen MR) is 54.0 cm³/mol. The molecule has 1 rings (SSSR count). The van der Waals surface area contributed by atoms with Crippen LogP contribution in [0.2, 0.25) is 5.02 Å². The van der Waals surface area contributed by atoms with Crippen LogP contribution >= 0.6 is 11.6 Å². The first-order chi connectivity index (χ1) is 6.93. The van der Waals surface area contributed by atoms with Crippen molar-refractivity contribution in [3.63, 3.8) is 0 Å². The zero-order valence-electron chi connectivity index (χ0n) is 7.74. The Morgan fingerprint density at radius 3 is 2.47 bits per heavy atom. The van der Waals surface area contributed by atoms with Gasteiger partial charge in [-0.1, -0.05) is 11.6 Å². The molecule has 0 fully saturated rings. The Balaban J connectivity index is 2.95. The number of nitrogens with two attached hydrogens (primary N) is 1. The fraction of sp³-hybridized carbons (Fsp3) is 0.333. The quantitative estimate of drug-likeness (QED) is 0.850. The minimum atomic E-state index is -4.38. The number of anilines is 1. The summed E-state index contributed by atoms with van der Waals surface area (Å²) in [6, 6.07) is 3.31. The molecule has 0 radical (unpaired) electrons. The van der Waals surface area contributed by atoms with E-state index in [1.807, 2.05) is 0 Å². The summed E-state index contributed by atoms with van der Waals surface area (Å²) in [6.07, 6.45) is -4.38. The van der Waals surface area contributed by atoms with Crippen LogP contribution in [0.5, 0.6) is 0 Å². The van der Waals surface area contributed by atoms with Crippen LogP contribution in [-0.2, 0) is 6.18 Å². The standard InChI is InChI=1S/C9H10ClF3N2/c10-7-3-6(9(11,12)13)4-8(5-7)15-2-1-14/h3-5,15H,1-2,14H2. The van der Waals surface area contributed by atoms with Crippen molar-refractivity contribution < 1.29 is 13.2 Å². The summed E-state index contributed by atoms with van der Waals surface area (Å²) in [6.45, 7) is 0.742. The number of hydrogen-bond acceptors (Lipinski definition) is 2. The van der Waals surface area contributed by atoms with Gasteiger partial charge in [0.1, 0.15) is 0 Å². The molecular weight excluding hydrogens is 229 g/mol. The zero-order chi connectivity index (χ0) is 11.5. The molecule has 0 bridgehead atoms. The maximum Gasteiger partial charge on any atom is 0.416 e. The maximum absolute atomic E-state index is 12.4. The monoisotopic (exact) mass is 238 g/mol. The van der Waals surface area contributed by atoms with Crippen LogP contribution in [0.25, 0.3) is 0 Å². The topological polar surface area (TPSA) is 38.0 Å². The van der Waals surface area contributed by atoms with E-state index in [0.29, 0.717) is 18.8 Å². The molecule has 0 heterocycles. The molecule has 0 amide bonds. The van der Waals surface area contributed by atoms with E-state index in [1.54, 1.807) is 0 Å². The Labute approximate surface area is 90.2 Å². The van der Waals surface area contributed by atoms with Crippen LogP contribution in [0.15, 0.2) is 18.2 Å². The first-order valence-corrected chi connectivity index (χ1v) is 4.63. The van der Waals surface area contributed by atoms with E-state index >= 15 is 0 Å². The lowest BCUT2D eigenvalue weighted by molar-refractivity contribution is -0.137. The lowest BCUT2D eigenvalue weighted by Gasteiger charge is -2.10. The molecule has 0 unspecified atom stereocenters. The number of hydrogen-bond donors (Lipinski definition) is 2. The average Bonchev–Trinajstić information content (AvgIpc) is 2.12. The molecule has 1 aromatic rings. The molecular formula is C9H10ClF3N2. The fourth-order valence-electron chi connectivity index (χ4n) is 1.07. The maximum atomic E-state index is 12.4. The molecule has 3 N–H and O–H groups in total. The molecule has 6 heteroatoms. The van der Waals surface area contributed by atoms with E-state index < -0.39 is 11.7 Å². The number of nitrogens with one attached hydrogen (secondary N) is 1. The Bertz CT molecular complexity index is 339. The van der Waals surface area contributed by atoms with Crippen molar-refractivity contribution in [3.8, 4) is 0 Å². The molecule has 84 valence electrons. The summed E-state index contributed by atoms with van der Waals surface area (Å²) in [5, 5.41) is 2.78. The fourth-order valence-corrected chi connectivity index (χ4v) is 1.31. The van der Waals surface area contributed by atoms with Gasteiger partial charge in [0.15, 0.2) is 0 Å². The molecule has 15 heavy (non-hydrogen) atoms. The number of alkyl halides is 3. The van der Waals surface area contributed by atoms with Gasteiger partial charge in [0.25, 0.3) is 0 Å². The molecule has 1 aromatic carbocycles. The second kappa shape index (κ2) is 4.72. The lowest BCUT2D eigenvalue weighted by atomic mass is 10.2. The van der Waals surface area contributed by atoms with E-state index in [1.165, 1.54) is 6.07 Å². The third-order valence-electron chi connectivity index (χ3n) is 1.70. The van der Waals surface area contributed by atoms with Gasteiger partial charge < -0.3 is 11.1 Å². The number of benzene rings is 1. The third kappa shape index (κ3) is 3.60. The highest BCUT2D eigenvalue weighted by molar-refractivity contribution is 6.30. The van der Waals surface area contributed by atoms with E-state index in [-0.39, 0.29) is 5.02 Å². The predicted octanol–water partition coefficient (Wildman–Crippen LogP) is 2.73. The largest absolute Gasteiger partial charge is 0.416 e. The Kier molecular flexibility index (Phi) is 3.82. The highest BCUT2D eigenvalue weighted by atomic mass is 35.5. The van der Waals surface area contributed by atoms with Gasteiger partial charge in [-0.05, 0) is 18.2 Å². The van der Waals surface area contributed by atoms with Gasteiger partial charge in [-0.2, -0.15) is 13.2 Å². The van der Waals surface area contributed by atoms with Crippen molar-refractivity contribution in [2.75, 3.05) is 18.4 Å². The van der Waals surface area contributed by atoms with E-state index in [2.05, 4.69) is 5.32 Å². The minimum absolute atomic E-state index is 0.0457. The van der Waals surface area contributed by atoms with Crippen molar-refractivity contribution in [2.24, 2.45) is 5.73 Å². The average molecular weight is 239 g/mol. The van der Waals surface area contributed by atoms with Crippen molar-refractivity contribution in [1.29, 1.82) is 0 Å². The van der Waals surface area contributed by atoms with Gasteiger partial charge in [0.05, 0.1) is 5.56 Å². The molecule has 0 aliphatic rings. The van der Waals surface area contributed by atoms with E-state index in [0.717, 1.165) is 12.1 Å². The highest BCUT2D eigenvalue weighted by Gasteiger charge is 2.31. The van der Waals surface area contributed by atoms with Crippen LogP contribution in [0.4, 0.5) is 18.9 Å². The molecule has 0 spiro atoms. The second-order valence-corrected chi connectivity index (χ2v) is 3.38. The van der Waals surface area contributed by atoms with Gasteiger partial charge in [0, 0.05) is 23.8 Å². The molecule has 0 aromatic heterocycles. The van der Waals surface area contributed by atoms with Crippen molar-refractivity contribution in [3.05, 3.63) is 28.8 Å². The van der Waals surface area contributed by atoms with E-state index in [4.69, 9.17) is 17.3 Å². The van der Waals surface area contributed by atoms with Crippen LogP contribution in [0, 0.1) is 0 Å². The summed E-state index contributed by atoms with van der Waals surface area (Å²) in [5.41, 5.74) is 4.77. The van der Waals surface area contributed by atoms with Crippen LogP contribution in [0.1, 0.15) is 5.56 Å². The van der Waals surface area contributed by atoms with Crippen LogP contribution in [-0.4, -0.2) is 13.1 Å². The van der Waals surface area contributed by atoms with Crippen molar-refractivity contribution in [1.82, 2.24) is 0 Å². The Morgan fingerprint density at radius 1 is 1.27 bits per heavy atom. The van der Waals surface area contributed by atoms with Gasteiger partial charge in [-0.25, -0.2) is 0 Å². The zero-order valence-corrected chi connectivity index (χ0v) is 8.49. The smallest absolute Gasteiger partial charge is 0.384 e. The summed E-state index contributed by atoms with van der Waals surface area (Å²) in [5.74, 6) is 0. The van der Waals surface area contributed by atoms with Crippen LogP contribution in [0.3, 0.4) is 0 Å². The van der Waals surface area contributed by atoms with Gasteiger partial charge in [0.2, 0.25) is 0 Å². The first-order valence-electron chi connectivity index (χ1n) is 4.25. The summed E-state index contributed by atoms with van der Waals surface area (Å²) in [7, 11) is 0. The number of rotatable bonds is 3. The number of halogens is 4. The molecule has 0 aliphatic heterocycles. The Hall–Kier alpha value is -0.940. The lowest BCUT2D eigenvalue weighted by Crippen LogP contribution is -2.14. The summed E-state index contributed by atoms with van der Waals surface area (Å²) in [4.78, 5) is 0. The molecule has 2 nitrogen and oxygen atoms in total. The molecule has 0 saturated carbocycles. The second-order valence-electron chi connectivity index (χ2n) is 2.94. The normalized spacial score (nSPS) is 11.5. The molecule has 0 saturated heterocycles. The summed E-state index contributed by atoms with van der Waals surface area (Å²) >= 11 is 5.56. The molecule has 0 atom stereocenters. The first kappa shape index (κ1) is 12.1. The summed E-state index contributed by atoms with van der Waals surface area (Å²) < 4.78 is 37.1.